The van der Waals surface area contributed by atoms with E-state index < -0.39 is 23.4 Å². The molecule has 0 bridgehead atoms. The van der Waals surface area contributed by atoms with Crippen LogP contribution in [0.25, 0.3) is 0 Å². The summed E-state index contributed by atoms with van der Waals surface area (Å²) in [5.41, 5.74) is 0.912. The van der Waals surface area contributed by atoms with Crippen molar-refractivity contribution in [2.75, 3.05) is 25.6 Å². The lowest BCUT2D eigenvalue weighted by Crippen LogP contribution is -2.21. The summed E-state index contributed by atoms with van der Waals surface area (Å²) in [6, 6.07) is 3.85. The number of nitro groups is 1. The number of methoxy groups -OCH3 is 1. The van der Waals surface area contributed by atoms with Gasteiger partial charge in [-0.05, 0) is 31.9 Å². The molecule has 1 heterocycles. The van der Waals surface area contributed by atoms with E-state index in [2.05, 4.69) is 5.32 Å². The number of rotatable bonds is 9. The molecule has 0 radical (unpaired) electrons. The van der Waals surface area contributed by atoms with Gasteiger partial charge < -0.3 is 19.5 Å². The molecule has 0 aliphatic heterocycles. The van der Waals surface area contributed by atoms with Gasteiger partial charge in [0.2, 0.25) is 0 Å². The predicted molar refractivity (Wildman–Crippen MR) is 108 cm³/mol. The van der Waals surface area contributed by atoms with Crippen LogP contribution in [0.5, 0.6) is 11.5 Å². The minimum absolute atomic E-state index is 0.0686. The van der Waals surface area contributed by atoms with Crippen molar-refractivity contribution < 1.29 is 28.7 Å². The van der Waals surface area contributed by atoms with Crippen molar-refractivity contribution in [2.45, 2.75) is 27.2 Å². The van der Waals surface area contributed by atoms with E-state index in [0.29, 0.717) is 17.0 Å². The summed E-state index contributed by atoms with van der Waals surface area (Å²) in [6.07, 6.45) is 0.708. The lowest BCUT2D eigenvalue weighted by molar-refractivity contribution is -0.385. The number of non-ortho nitro benzene ring substituents is 1. The molecule has 2 aromatic rings. The Morgan fingerprint density at radius 2 is 1.97 bits per heavy atom. The molecular weight excluding hydrogens is 400 g/mol. The summed E-state index contributed by atoms with van der Waals surface area (Å²) in [5.74, 6) is -0.694. The fourth-order valence-corrected chi connectivity index (χ4v) is 3.78. The van der Waals surface area contributed by atoms with Crippen molar-refractivity contribution in [1.82, 2.24) is 0 Å². The van der Waals surface area contributed by atoms with Gasteiger partial charge in [-0.1, -0.05) is 6.92 Å². The smallest absolute Gasteiger partial charge is 0.341 e. The van der Waals surface area contributed by atoms with Crippen LogP contribution in [0.1, 0.15) is 34.6 Å². The van der Waals surface area contributed by atoms with Gasteiger partial charge in [0, 0.05) is 10.9 Å². The third-order valence-corrected chi connectivity index (χ3v) is 5.37. The first-order valence-corrected chi connectivity index (χ1v) is 9.68. The highest BCUT2D eigenvalue weighted by Gasteiger charge is 2.23. The molecule has 2 rings (SSSR count). The number of hydrogen-bond acceptors (Lipinski definition) is 8. The van der Waals surface area contributed by atoms with Crippen molar-refractivity contribution in [2.24, 2.45) is 0 Å². The van der Waals surface area contributed by atoms with Gasteiger partial charge in [0.25, 0.3) is 11.6 Å². The van der Waals surface area contributed by atoms with Crippen LogP contribution in [0.3, 0.4) is 0 Å². The van der Waals surface area contributed by atoms with Crippen molar-refractivity contribution in [3.63, 3.8) is 0 Å². The van der Waals surface area contributed by atoms with E-state index in [9.17, 15) is 19.7 Å². The van der Waals surface area contributed by atoms with E-state index in [1.165, 1.54) is 36.6 Å². The summed E-state index contributed by atoms with van der Waals surface area (Å²) >= 11 is 1.30. The largest absolute Gasteiger partial charge is 0.493 e. The first-order chi connectivity index (χ1) is 13.8. The van der Waals surface area contributed by atoms with Crippen LogP contribution >= 0.6 is 11.3 Å². The van der Waals surface area contributed by atoms with Crippen molar-refractivity contribution in [3.05, 3.63) is 44.3 Å². The number of thiophene rings is 1. The molecule has 0 saturated carbocycles. The summed E-state index contributed by atoms with van der Waals surface area (Å²) in [6.45, 7) is 5.27. The standard InChI is InChI=1S/C19H22N2O7S/c1-5-15-11(3)17(19(23)27-6-2)18(29-15)20-16(22)10-28-14-9-12(21(24)25)7-8-13(14)26-4/h7-9H,5-6,10H2,1-4H3,(H,20,22). The van der Waals surface area contributed by atoms with Crippen molar-refractivity contribution in [1.29, 1.82) is 0 Å². The Morgan fingerprint density at radius 3 is 2.55 bits per heavy atom. The second-order valence-electron chi connectivity index (χ2n) is 5.86. The lowest BCUT2D eigenvalue weighted by atomic mass is 10.1. The van der Waals surface area contributed by atoms with Crippen LogP contribution in [0.4, 0.5) is 10.7 Å². The molecule has 0 fully saturated rings. The molecule has 0 aliphatic carbocycles. The molecule has 0 spiro atoms. The Bertz CT molecular complexity index is 924. The maximum Gasteiger partial charge on any atom is 0.341 e. The van der Waals surface area contributed by atoms with Gasteiger partial charge in [-0.3, -0.25) is 14.9 Å². The summed E-state index contributed by atoms with van der Waals surface area (Å²) < 4.78 is 15.6. The number of carbonyl (C=O) groups excluding carboxylic acids is 2. The molecule has 0 saturated heterocycles. The minimum Gasteiger partial charge on any atom is -0.493 e. The Balaban J connectivity index is 2.17. The second-order valence-corrected chi connectivity index (χ2v) is 6.96. The van der Waals surface area contributed by atoms with Gasteiger partial charge in [0.05, 0.1) is 30.3 Å². The first-order valence-electron chi connectivity index (χ1n) is 8.86. The number of esters is 1. The van der Waals surface area contributed by atoms with Gasteiger partial charge in [-0.15, -0.1) is 11.3 Å². The Kier molecular flexibility index (Phi) is 7.54. The van der Waals surface area contributed by atoms with E-state index in [1.807, 2.05) is 13.8 Å². The van der Waals surface area contributed by atoms with Crippen LogP contribution in [0, 0.1) is 17.0 Å². The van der Waals surface area contributed by atoms with E-state index in [0.717, 1.165) is 10.4 Å². The fraction of sp³-hybridized carbons (Fsp3) is 0.368. The molecule has 0 unspecified atom stereocenters. The Labute approximate surface area is 171 Å². The van der Waals surface area contributed by atoms with Crippen molar-refractivity contribution in [3.8, 4) is 11.5 Å². The van der Waals surface area contributed by atoms with E-state index in [1.54, 1.807) is 6.92 Å². The van der Waals surface area contributed by atoms with Crippen LogP contribution in [0.2, 0.25) is 0 Å². The molecule has 0 atom stereocenters. The first kappa shape index (κ1) is 22.2. The molecule has 1 aromatic carbocycles. The number of ether oxygens (including phenoxy) is 3. The maximum atomic E-state index is 12.4. The quantitative estimate of drug-likeness (QED) is 0.372. The monoisotopic (exact) mass is 422 g/mol. The number of nitrogens with zero attached hydrogens (tertiary/aromatic N) is 1. The molecule has 1 amide bonds. The number of anilines is 1. The Morgan fingerprint density at radius 1 is 1.24 bits per heavy atom. The normalized spacial score (nSPS) is 10.3. The number of amides is 1. The number of carbonyl (C=O) groups is 2. The fourth-order valence-electron chi connectivity index (χ4n) is 2.63. The van der Waals surface area contributed by atoms with Crippen LogP contribution in [-0.2, 0) is 16.0 Å². The average molecular weight is 422 g/mol. The highest BCUT2D eigenvalue weighted by Crippen LogP contribution is 2.34. The van der Waals surface area contributed by atoms with Gasteiger partial charge in [-0.2, -0.15) is 0 Å². The third kappa shape index (κ3) is 5.23. The van der Waals surface area contributed by atoms with Crippen molar-refractivity contribution >= 4 is 33.9 Å². The predicted octanol–water partition coefficient (Wildman–Crippen LogP) is 3.73. The van der Waals surface area contributed by atoms with Gasteiger partial charge >= 0.3 is 5.97 Å². The zero-order valence-corrected chi connectivity index (χ0v) is 17.4. The summed E-state index contributed by atoms with van der Waals surface area (Å²) in [7, 11) is 1.39. The van der Waals surface area contributed by atoms with E-state index in [-0.39, 0.29) is 23.8 Å². The molecule has 10 heteroatoms. The van der Waals surface area contributed by atoms with E-state index >= 15 is 0 Å². The molecule has 156 valence electrons. The lowest BCUT2D eigenvalue weighted by Gasteiger charge is -2.11. The molecule has 29 heavy (non-hydrogen) atoms. The topological polar surface area (TPSA) is 117 Å². The summed E-state index contributed by atoms with van der Waals surface area (Å²) in [4.78, 5) is 36.0. The summed E-state index contributed by atoms with van der Waals surface area (Å²) in [5, 5.41) is 14.0. The highest BCUT2D eigenvalue weighted by atomic mass is 32.1. The van der Waals surface area contributed by atoms with E-state index in [4.69, 9.17) is 14.2 Å². The number of nitro benzene ring substituents is 1. The maximum absolute atomic E-state index is 12.4. The number of benzene rings is 1. The molecule has 1 aromatic heterocycles. The third-order valence-electron chi connectivity index (χ3n) is 4.02. The molecule has 9 nitrogen and oxygen atoms in total. The number of aryl methyl sites for hydroxylation is 1. The molecular formula is C19H22N2O7S. The molecule has 1 N–H and O–H groups in total. The highest BCUT2D eigenvalue weighted by molar-refractivity contribution is 7.17. The second kappa shape index (κ2) is 9.87. The SMILES string of the molecule is CCOC(=O)c1c(NC(=O)COc2cc([N+](=O)[O-])ccc2OC)sc(CC)c1C. The Hall–Kier alpha value is -3.14. The van der Waals surface area contributed by atoms with Crippen LogP contribution in [0.15, 0.2) is 18.2 Å². The molecule has 0 aliphatic rings. The minimum atomic E-state index is -0.571. The van der Waals surface area contributed by atoms with Crippen LogP contribution in [-0.4, -0.2) is 37.1 Å². The van der Waals surface area contributed by atoms with Crippen LogP contribution < -0.4 is 14.8 Å². The van der Waals surface area contributed by atoms with Gasteiger partial charge in [0.15, 0.2) is 18.1 Å². The average Bonchev–Trinajstić information content (AvgIpc) is 3.01. The number of nitrogens with one attached hydrogen (secondary N) is 1. The van der Waals surface area contributed by atoms with Gasteiger partial charge in [-0.25, -0.2) is 4.79 Å². The zero-order chi connectivity index (χ0) is 21.6. The zero-order valence-electron chi connectivity index (χ0n) is 16.6. The van der Waals surface area contributed by atoms with Gasteiger partial charge in [0.1, 0.15) is 5.00 Å². The number of hydrogen-bond donors (Lipinski definition) is 1.